The third-order valence-electron chi connectivity index (χ3n) is 11.7. The van der Waals surface area contributed by atoms with Gasteiger partial charge in [-0.25, -0.2) is 9.97 Å². The van der Waals surface area contributed by atoms with Gasteiger partial charge in [-0.2, -0.15) is 0 Å². The molecule has 0 atom stereocenters. The molecule has 3 heterocycles. The number of nitrogens with zero attached hydrogens (tertiary/aromatic N) is 4. The fourth-order valence-electron chi connectivity index (χ4n) is 8.82. The van der Waals surface area contributed by atoms with E-state index in [9.17, 15) is 0 Å². The molecule has 0 unspecified atom stereocenters. The van der Waals surface area contributed by atoms with Crippen LogP contribution in [0.5, 0.6) is 0 Å². The molecule has 0 radical (unpaired) electrons. The van der Waals surface area contributed by atoms with E-state index in [-0.39, 0.29) is 0 Å². The van der Waals surface area contributed by atoms with Gasteiger partial charge >= 0.3 is 0 Å². The number of aromatic nitrogens is 4. The molecule has 11 aromatic rings. The second-order valence-corrected chi connectivity index (χ2v) is 15.3. The molecule has 4 heteroatoms. The summed E-state index contributed by atoms with van der Waals surface area (Å²) in [5.41, 5.74) is 14.9. The fraction of sp³-hybridized carbons (Fsp3) is 0.0545. The van der Waals surface area contributed by atoms with Crippen LogP contribution in [0.4, 0.5) is 0 Å². The number of fused-ring (bicyclic) bond motifs is 6. The highest BCUT2D eigenvalue weighted by Crippen LogP contribution is 2.37. The summed E-state index contributed by atoms with van der Waals surface area (Å²) in [7, 11) is 0. The van der Waals surface area contributed by atoms with Crippen molar-refractivity contribution in [2.24, 2.45) is 0 Å². The van der Waals surface area contributed by atoms with Crippen molar-refractivity contribution in [2.75, 3.05) is 0 Å². The largest absolute Gasteiger partial charge is 0.309 e. The van der Waals surface area contributed by atoms with Gasteiger partial charge in [0.15, 0.2) is 5.82 Å². The Morgan fingerprint density at radius 1 is 0.322 bits per heavy atom. The Kier molecular flexibility index (Phi) is 8.66. The number of rotatable bonds is 9. The molecule has 280 valence electrons. The van der Waals surface area contributed by atoms with Crippen LogP contribution in [0.3, 0.4) is 0 Å². The Morgan fingerprint density at radius 3 is 1.46 bits per heavy atom. The van der Waals surface area contributed by atoms with Gasteiger partial charge in [-0.05, 0) is 91.1 Å². The first-order valence-electron chi connectivity index (χ1n) is 20.5. The third kappa shape index (κ3) is 6.36. The van der Waals surface area contributed by atoms with Gasteiger partial charge in [0.2, 0.25) is 0 Å². The highest BCUT2D eigenvalue weighted by molar-refractivity contribution is 6.12. The van der Waals surface area contributed by atoms with Gasteiger partial charge in [-0.15, -0.1) is 0 Å². The zero-order chi connectivity index (χ0) is 39.1. The monoisotopic (exact) mass is 756 g/mol. The van der Waals surface area contributed by atoms with Crippen LogP contribution >= 0.6 is 0 Å². The van der Waals surface area contributed by atoms with E-state index in [1.165, 1.54) is 66.1 Å². The summed E-state index contributed by atoms with van der Waals surface area (Å²) in [4.78, 5) is 9.99. The minimum atomic E-state index is 0.734. The molecule has 3 aromatic heterocycles. The molecule has 0 spiro atoms. The number of hydrogen-bond donors (Lipinski definition) is 0. The zero-order valence-corrected chi connectivity index (χ0v) is 32.5. The SMILES string of the molecule is c1ccc(-c2cc(-c3ccc(CCCc4ccc5c(c4)c4cc(-n6c7ccccc7c7ccccc76)ccc4n5-c4ccccc4)cc3)nc(-c3ccccc3)n2)cc1. The maximum absolute atomic E-state index is 5.03. The molecule has 0 fully saturated rings. The molecule has 0 aliphatic heterocycles. The molecule has 8 aromatic carbocycles. The van der Waals surface area contributed by atoms with Crippen LogP contribution < -0.4 is 0 Å². The molecular formula is C55H40N4. The maximum atomic E-state index is 5.03. The Bertz CT molecular complexity index is 3160. The van der Waals surface area contributed by atoms with Crippen molar-refractivity contribution in [1.29, 1.82) is 0 Å². The summed E-state index contributed by atoms with van der Waals surface area (Å²) in [5.74, 6) is 0.734. The first-order chi connectivity index (χ1) is 29.2. The van der Waals surface area contributed by atoms with Crippen LogP contribution in [0.1, 0.15) is 17.5 Å². The summed E-state index contributed by atoms with van der Waals surface area (Å²) in [6.07, 6.45) is 3.05. The molecule has 0 N–H and O–H groups in total. The van der Waals surface area contributed by atoms with Gasteiger partial charge in [0.1, 0.15) is 0 Å². The Labute approximate surface area is 343 Å². The summed E-state index contributed by atoms with van der Waals surface area (Å²) in [6.45, 7) is 0. The molecule has 4 nitrogen and oxygen atoms in total. The predicted octanol–water partition coefficient (Wildman–Crippen LogP) is 13.8. The van der Waals surface area contributed by atoms with Gasteiger partial charge in [0.25, 0.3) is 0 Å². The summed E-state index contributed by atoms with van der Waals surface area (Å²) < 4.78 is 4.83. The lowest BCUT2D eigenvalue weighted by Gasteiger charge is -2.10. The quantitative estimate of drug-likeness (QED) is 0.147. The first kappa shape index (κ1) is 34.7. The number of aryl methyl sites for hydroxylation is 2. The molecule has 59 heavy (non-hydrogen) atoms. The standard InChI is InChI=1S/C55H40N4/c1-4-17-40(18-5-1)49-37-50(57-55(56-49)42-19-6-2-7-20-42)41-30-27-38(28-31-41)15-14-16-39-29-33-53-47(35-39)48-36-44(32-34-54(48)58(53)43-21-8-3-9-22-43)59-51-25-12-10-23-45(51)46-24-11-13-26-52(46)59/h1-13,17-37H,14-16H2. The number of para-hydroxylation sites is 3. The average Bonchev–Trinajstić information content (AvgIpc) is 3.82. The molecule has 0 saturated carbocycles. The molecule has 11 rings (SSSR count). The molecular weight excluding hydrogens is 717 g/mol. The van der Waals surface area contributed by atoms with Gasteiger partial charge in [-0.3, -0.25) is 0 Å². The Hall–Kier alpha value is -7.56. The zero-order valence-electron chi connectivity index (χ0n) is 32.5. The summed E-state index contributed by atoms with van der Waals surface area (Å²) >= 11 is 0. The highest BCUT2D eigenvalue weighted by Gasteiger charge is 2.17. The van der Waals surface area contributed by atoms with E-state index in [1.807, 2.05) is 24.3 Å². The maximum Gasteiger partial charge on any atom is 0.160 e. The Balaban J connectivity index is 0.901. The predicted molar refractivity (Wildman–Crippen MR) is 245 cm³/mol. The van der Waals surface area contributed by atoms with Gasteiger partial charge in [0.05, 0.1) is 33.5 Å². The van der Waals surface area contributed by atoms with E-state index in [0.29, 0.717) is 0 Å². The topological polar surface area (TPSA) is 35.6 Å². The van der Waals surface area contributed by atoms with E-state index in [4.69, 9.17) is 9.97 Å². The lowest BCUT2D eigenvalue weighted by atomic mass is 10.0. The van der Waals surface area contributed by atoms with Crippen LogP contribution in [-0.2, 0) is 12.8 Å². The van der Waals surface area contributed by atoms with Crippen LogP contribution in [0.25, 0.3) is 88.9 Å². The van der Waals surface area contributed by atoms with Crippen molar-refractivity contribution in [3.8, 4) is 45.3 Å². The van der Waals surface area contributed by atoms with Crippen LogP contribution in [0, 0.1) is 0 Å². The van der Waals surface area contributed by atoms with E-state index < -0.39 is 0 Å². The molecule has 0 aliphatic rings. The van der Waals surface area contributed by atoms with Crippen molar-refractivity contribution in [3.63, 3.8) is 0 Å². The second kappa shape index (κ2) is 14.7. The highest BCUT2D eigenvalue weighted by atomic mass is 15.0. The smallest absolute Gasteiger partial charge is 0.160 e. The Morgan fingerprint density at radius 2 is 0.797 bits per heavy atom. The lowest BCUT2D eigenvalue weighted by Crippen LogP contribution is -1.96. The van der Waals surface area contributed by atoms with E-state index >= 15 is 0 Å². The molecule has 0 saturated heterocycles. The van der Waals surface area contributed by atoms with Gasteiger partial charge < -0.3 is 9.13 Å². The lowest BCUT2D eigenvalue weighted by molar-refractivity contribution is 0.821. The summed E-state index contributed by atoms with van der Waals surface area (Å²) in [6, 6.07) is 73.9. The minimum absolute atomic E-state index is 0.734. The fourth-order valence-corrected chi connectivity index (χ4v) is 8.82. The van der Waals surface area contributed by atoms with Crippen LogP contribution in [-0.4, -0.2) is 19.1 Å². The second-order valence-electron chi connectivity index (χ2n) is 15.3. The normalized spacial score (nSPS) is 11.6. The van der Waals surface area contributed by atoms with E-state index in [0.717, 1.165) is 53.2 Å². The minimum Gasteiger partial charge on any atom is -0.309 e. The number of benzene rings is 8. The number of hydrogen-bond acceptors (Lipinski definition) is 2. The van der Waals surface area contributed by atoms with Crippen molar-refractivity contribution in [2.45, 2.75) is 19.3 Å². The van der Waals surface area contributed by atoms with Gasteiger partial charge in [0, 0.05) is 49.6 Å². The van der Waals surface area contributed by atoms with Crippen molar-refractivity contribution in [1.82, 2.24) is 19.1 Å². The average molecular weight is 757 g/mol. The van der Waals surface area contributed by atoms with Crippen molar-refractivity contribution >= 4 is 43.6 Å². The molecule has 0 bridgehead atoms. The van der Waals surface area contributed by atoms with E-state index in [1.54, 1.807) is 0 Å². The summed E-state index contributed by atoms with van der Waals surface area (Å²) in [5, 5.41) is 5.09. The van der Waals surface area contributed by atoms with Crippen molar-refractivity contribution < 1.29 is 0 Å². The molecule has 0 amide bonds. The third-order valence-corrected chi connectivity index (χ3v) is 11.7. The van der Waals surface area contributed by atoms with Crippen molar-refractivity contribution in [3.05, 3.63) is 217 Å². The van der Waals surface area contributed by atoms with Crippen LogP contribution in [0.2, 0.25) is 0 Å². The van der Waals surface area contributed by atoms with Gasteiger partial charge in [-0.1, -0.05) is 146 Å². The first-order valence-corrected chi connectivity index (χ1v) is 20.5. The van der Waals surface area contributed by atoms with Crippen LogP contribution in [0.15, 0.2) is 206 Å². The molecule has 0 aliphatic carbocycles. The van der Waals surface area contributed by atoms with E-state index in [2.05, 4.69) is 191 Å².